The Bertz CT molecular complexity index is 377. The molecule has 0 aromatic heterocycles. The molecule has 1 aliphatic rings. The second-order valence-corrected chi connectivity index (χ2v) is 4.81. The van der Waals surface area contributed by atoms with Crippen LogP contribution in [0, 0.1) is 5.82 Å². The quantitative estimate of drug-likeness (QED) is 0.857. The van der Waals surface area contributed by atoms with E-state index in [4.69, 9.17) is 23.2 Å². The molecule has 2 nitrogen and oxygen atoms in total. The highest BCUT2D eigenvalue weighted by Crippen LogP contribution is 2.34. The molecule has 0 unspecified atom stereocenters. The maximum Gasteiger partial charge on any atom is 0.126 e. The summed E-state index contributed by atoms with van der Waals surface area (Å²) >= 11 is 11.8. The topological polar surface area (TPSA) is 32.3 Å². The highest BCUT2D eigenvalue weighted by molar-refractivity contribution is 6.39. The zero-order valence-electron chi connectivity index (χ0n) is 8.51. The number of benzene rings is 1. The third kappa shape index (κ3) is 2.42. The minimum Gasteiger partial charge on any atom is -0.391 e. The molecule has 1 aromatic carbocycles. The number of anilines is 1. The van der Waals surface area contributed by atoms with E-state index in [2.05, 4.69) is 5.32 Å². The van der Waals surface area contributed by atoms with Crippen LogP contribution in [-0.4, -0.2) is 17.3 Å². The van der Waals surface area contributed by atoms with E-state index in [-0.39, 0.29) is 16.1 Å². The van der Waals surface area contributed by atoms with Gasteiger partial charge in [0.1, 0.15) is 5.82 Å². The minimum absolute atomic E-state index is 0.0551. The molecule has 0 amide bonds. The molecule has 1 fully saturated rings. The van der Waals surface area contributed by atoms with E-state index in [9.17, 15) is 9.50 Å². The average molecular weight is 264 g/mol. The van der Waals surface area contributed by atoms with Gasteiger partial charge in [-0.25, -0.2) is 4.39 Å². The van der Waals surface area contributed by atoms with Gasteiger partial charge in [-0.1, -0.05) is 23.2 Å². The Morgan fingerprint density at radius 3 is 2.38 bits per heavy atom. The lowest BCUT2D eigenvalue weighted by atomic mass is 10.2. The zero-order valence-corrected chi connectivity index (χ0v) is 10.0. The molecule has 88 valence electrons. The Labute approximate surface area is 103 Å². The normalized spacial score (nSPS) is 24.8. The third-order valence-electron chi connectivity index (χ3n) is 2.82. The summed E-state index contributed by atoms with van der Waals surface area (Å²) < 4.78 is 13.0. The van der Waals surface area contributed by atoms with Crippen LogP contribution in [0.4, 0.5) is 10.1 Å². The molecule has 0 heterocycles. The van der Waals surface area contributed by atoms with Gasteiger partial charge in [0.25, 0.3) is 0 Å². The summed E-state index contributed by atoms with van der Waals surface area (Å²) in [5.41, 5.74) is 0.496. The molecule has 0 saturated heterocycles. The van der Waals surface area contributed by atoms with Crippen LogP contribution in [0.25, 0.3) is 0 Å². The lowest BCUT2D eigenvalue weighted by molar-refractivity contribution is 0.172. The van der Waals surface area contributed by atoms with Crippen molar-refractivity contribution in [2.24, 2.45) is 0 Å². The van der Waals surface area contributed by atoms with Crippen molar-refractivity contribution in [3.63, 3.8) is 0 Å². The molecule has 2 atom stereocenters. The predicted molar refractivity (Wildman–Crippen MR) is 63.7 cm³/mol. The van der Waals surface area contributed by atoms with E-state index in [1.165, 1.54) is 12.1 Å². The molecule has 5 heteroatoms. The van der Waals surface area contributed by atoms with Gasteiger partial charge in [-0.2, -0.15) is 0 Å². The number of aliphatic hydroxyl groups is 1. The smallest absolute Gasteiger partial charge is 0.126 e. The molecule has 2 N–H and O–H groups in total. The van der Waals surface area contributed by atoms with E-state index in [0.717, 1.165) is 19.3 Å². The van der Waals surface area contributed by atoms with Gasteiger partial charge in [0.2, 0.25) is 0 Å². The van der Waals surface area contributed by atoms with E-state index >= 15 is 0 Å². The molecule has 1 saturated carbocycles. The van der Waals surface area contributed by atoms with Crippen molar-refractivity contribution in [1.29, 1.82) is 0 Å². The first-order chi connectivity index (χ1) is 7.58. The van der Waals surface area contributed by atoms with Crippen LogP contribution in [0.15, 0.2) is 12.1 Å². The standard InChI is InChI=1S/C11H12Cl2FNO/c12-7-4-6(14)5-8(13)11(7)15-9-2-1-3-10(9)16/h4-5,9-10,15-16H,1-3H2/t9-,10-/m1/s1. The highest BCUT2D eigenvalue weighted by atomic mass is 35.5. The number of hydrogen-bond acceptors (Lipinski definition) is 2. The SMILES string of the molecule is O[C@@H]1CCC[C@H]1Nc1c(Cl)cc(F)cc1Cl. The Balaban J connectivity index is 2.21. The molecule has 2 rings (SSSR count). The van der Waals surface area contributed by atoms with Crippen LogP contribution in [0.3, 0.4) is 0 Å². The maximum absolute atomic E-state index is 13.0. The second-order valence-electron chi connectivity index (χ2n) is 3.99. The molecule has 1 aliphatic carbocycles. The van der Waals surface area contributed by atoms with Gasteiger partial charge in [-0.05, 0) is 31.4 Å². The van der Waals surface area contributed by atoms with Gasteiger partial charge in [0, 0.05) is 0 Å². The van der Waals surface area contributed by atoms with Crippen molar-refractivity contribution < 1.29 is 9.50 Å². The van der Waals surface area contributed by atoms with Crippen molar-refractivity contribution in [3.8, 4) is 0 Å². The van der Waals surface area contributed by atoms with Gasteiger partial charge >= 0.3 is 0 Å². The summed E-state index contributed by atoms with van der Waals surface area (Å²) in [6, 6.07) is 2.36. The van der Waals surface area contributed by atoms with E-state index in [1.54, 1.807) is 0 Å². The molecular formula is C11H12Cl2FNO. The average Bonchev–Trinajstić information content (AvgIpc) is 2.57. The fourth-order valence-electron chi connectivity index (χ4n) is 1.97. The van der Waals surface area contributed by atoms with E-state index in [1.807, 2.05) is 0 Å². The number of halogens is 3. The zero-order chi connectivity index (χ0) is 11.7. The highest BCUT2D eigenvalue weighted by Gasteiger charge is 2.26. The van der Waals surface area contributed by atoms with Gasteiger partial charge in [0.05, 0.1) is 27.9 Å². The molecule has 0 radical (unpaired) electrons. The lowest BCUT2D eigenvalue weighted by Gasteiger charge is -2.19. The van der Waals surface area contributed by atoms with Gasteiger partial charge < -0.3 is 10.4 Å². The molecule has 1 aromatic rings. The summed E-state index contributed by atoms with van der Waals surface area (Å²) in [5, 5.41) is 13.2. The van der Waals surface area contributed by atoms with Crippen LogP contribution >= 0.6 is 23.2 Å². The molecule has 0 spiro atoms. The first-order valence-electron chi connectivity index (χ1n) is 5.17. The van der Waals surface area contributed by atoms with Gasteiger partial charge in [0.15, 0.2) is 0 Å². The fraction of sp³-hybridized carbons (Fsp3) is 0.455. The summed E-state index contributed by atoms with van der Waals surface area (Å²) in [5.74, 6) is -0.465. The number of hydrogen-bond donors (Lipinski definition) is 2. The first kappa shape index (κ1) is 12.0. The van der Waals surface area contributed by atoms with Crippen LogP contribution in [0.1, 0.15) is 19.3 Å². The Hall–Kier alpha value is -0.510. The van der Waals surface area contributed by atoms with Crippen LogP contribution in [0.2, 0.25) is 10.0 Å². The Morgan fingerprint density at radius 2 is 1.88 bits per heavy atom. The van der Waals surface area contributed by atoms with Crippen molar-refractivity contribution >= 4 is 28.9 Å². The van der Waals surface area contributed by atoms with Crippen molar-refractivity contribution in [1.82, 2.24) is 0 Å². The van der Waals surface area contributed by atoms with Crippen molar-refractivity contribution in [2.45, 2.75) is 31.4 Å². The lowest BCUT2D eigenvalue weighted by Crippen LogP contribution is -2.28. The molecular weight excluding hydrogens is 252 g/mol. The molecule has 0 bridgehead atoms. The van der Waals surface area contributed by atoms with Crippen LogP contribution in [0.5, 0.6) is 0 Å². The van der Waals surface area contributed by atoms with Gasteiger partial charge in [-0.3, -0.25) is 0 Å². The minimum atomic E-state index is -0.465. The Kier molecular flexibility index (Phi) is 3.57. The summed E-state index contributed by atoms with van der Waals surface area (Å²) in [6.07, 6.45) is 2.21. The Morgan fingerprint density at radius 1 is 1.25 bits per heavy atom. The number of rotatable bonds is 2. The summed E-state index contributed by atoms with van der Waals surface area (Å²) in [6.45, 7) is 0. The van der Waals surface area contributed by atoms with E-state index < -0.39 is 11.9 Å². The van der Waals surface area contributed by atoms with Crippen LogP contribution < -0.4 is 5.32 Å². The predicted octanol–water partition coefficient (Wildman–Crippen LogP) is 3.46. The van der Waals surface area contributed by atoms with Crippen LogP contribution in [-0.2, 0) is 0 Å². The molecule has 0 aliphatic heterocycles. The largest absolute Gasteiger partial charge is 0.391 e. The van der Waals surface area contributed by atoms with E-state index in [0.29, 0.717) is 5.69 Å². The van der Waals surface area contributed by atoms with Crippen molar-refractivity contribution in [3.05, 3.63) is 28.0 Å². The number of aliphatic hydroxyl groups excluding tert-OH is 1. The monoisotopic (exact) mass is 263 g/mol. The van der Waals surface area contributed by atoms with Gasteiger partial charge in [-0.15, -0.1) is 0 Å². The fourth-order valence-corrected chi connectivity index (χ4v) is 2.54. The summed E-state index contributed by atoms with van der Waals surface area (Å²) in [7, 11) is 0. The number of nitrogens with one attached hydrogen (secondary N) is 1. The molecule has 16 heavy (non-hydrogen) atoms. The maximum atomic E-state index is 13.0. The first-order valence-corrected chi connectivity index (χ1v) is 5.92. The third-order valence-corrected chi connectivity index (χ3v) is 3.41. The second kappa shape index (κ2) is 4.78. The summed E-state index contributed by atoms with van der Waals surface area (Å²) in [4.78, 5) is 0. The van der Waals surface area contributed by atoms with Crippen molar-refractivity contribution in [2.75, 3.05) is 5.32 Å².